The number of hydrogen-bond donors (Lipinski definition) is 1. The van der Waals surface area contributed by atoms with Gasteiger partial charge in [-0.3, -0.25) is 0 Å². The van der Waals surface area contributed by atoms with Crippen LogP contribution in [0.25, 0.3) is 0 Å². The summed E-state index contributed by atoms with van der Waals surface area (Å²) in [5.74, 6) is 0. The van der Waals surface area contributed by atoms with Gasteiger partial charge in [-0.25, -0.2) is 4.98 Å². The Balaban J connectivity index is 0. The van der Waals surface area contributed by atoms with Crippen molar-refractivity contribution in [3.63, 3.8) is 0 Å². The normalized spacial score (nSPS) is 9.09. The highest BCUT2D eigenvalue weighted by Gasteiger charge is 1.88. The van der Waals surface area contributed by atoms with E-state index < -0.39 is 0 Å². The van der Waals surface area contributed by atoms with Crippen molar-refractivity contribution in [2.45, 2.75) is 0 Å². The zero-order chi connectivity index (χ0) is 8.04. The van der Waals surface area contributed by atoms with E-state index in [9.17, 15) is 0 Å². The fourth-order valence-electron chi connectivity index (χ4n) is 0.215. The summed E-state index contributed by atoms with van der Waals surface area (Å²) >= 11 is 0. The van der Waals surface area contributed by atoms with Crippen LogP contribution in [0.5, 0.6) is 0 Å². The van der Waals surface area contributed by atoms with Crippen LogP contribution in [0.1, 0.15) is 0 Å². The minimum Gasteiger partial charge on any atom is -1.00 e. The van der Waals surface area contributed by atoms with Crippen LogP contribution in [0.4, 0.5) is 0 Å². The molecule has 1 N–H and O–H groups in total. The van der Waals surface area contributed by atoms with E-state index in [4.69, 9.17) is 0 Å². The van der Waals surface area contributed by atoms with Crippen molar-refractivity contribution in [2.24, 2.45) is 0 Å². The third-order valence-electron chi connectivity index (χ3n) is 0.406. The number of quaternary nitrogens is 1. The Labute approximate surface area is 74.4 Å². The largest absolute Gasteiger partial charge is 1.00 e. The van der Waals surface area contributed by atoms with E-state index in [2.05, 4.69) is 38.2 Å². The summed E-state index contributed by atoms with van der Waals surface area (Å²) in [6, 6.07) is 0. The Kier molecular flexibility index (Phi) is 7.36. The van der Waals surface area contributed by atoms with Gasteiger partial charge in [-0.1, -0.05) is 0 Å². The highest BCUT2D eigenvalue weighted by atomic mass is 35.5. The molecule has 0 bridgehead atoms. The second kappa shape index (κ2) is 6.19. The van der Waals surface area contributed by atoms with Gasteiger partial charge in [0.25, 0.3) is 0 Å². The molecule has 0 aliphatic carbocycles. The van der Waals surface area contributed by atoms with Gasteiger partial charge in [0.2, 0.25) is 0 Å². The highest BCUT2D eigenvalue weighted by molar-refractivity contribution is 4.64. The molecule has 0 aliphatic rings. The number of halogens is 1. The lowest BCUT2D eigenvalue weighted by atomic mass is 10.8. The molecular formula is C7H16ClN3. The summed E-state index contributed by atoms with van der Waals surface area (Å²) in [7, 11) is 8.50. The molecule has 0 saturated carbocycles. The van der Waals surface area contributed by atoms with Crippen molar-refractivity contribution < 1.29 is 16.9 Å². The van der Waals surface area contributed by atoms with Crippen LogP contribution in [0.15, 0.2) is 18.7 Å². The standard InChI is InChI=1S/C4H12N.C3H4N2.ClH/c1-5(2,3)4;1-2-5-3-4-1;/h1-4H3;1-3H,(H,4,5);1H/q+1;;/p-1. The van der Waals surface area contributed by atoms with Gasteiger partial charge in [0.15, 0.2) is 0 Å². The van der Waals surface area contributed by atoms with Crippen LogP contribution in [0.3, 0.4) is 0 Å². The topological polar surface area (TPSA) is 28.7 Å². The molecule has 1 heterocycles. The molecule has 1 aromatic heterocycles. The maximum absolute atomic E-state index is 3.67. The SMILES string of the molecule is C[N+](C)(C)C.[Cl-].c1c[nH]cn1. The number of rotatable bonds is 0. The highest BCUT2D eigenvalue weighted by Crippen LogP contribution is 1.73. The predicted octanol–water partition coefficient (Wildman–Crippen LogP) is -2.26. The monoisotopic (exact) mass is 177 g/mol. The number of nitrogens with one attached hydrogen (secondary N) is 1. The minimum absolute atomic E-state index is 0. The Morgan fingerprint density at radius 1 is 1.18 bits per heavy atom. The van der Waals surface area contributed by atoms with Crippen molar-refractivity contribution >= 4 is 0 Å². The second-order valence-corrected chi connectivity index (χ2v) is 3.44. The van der Waals surface area contributed by atoms with Crippen LogP contribution < -0.4 is 12.4 Å². The van der Waals surface area contributed by atoms with Crippen LogP contribution in [-0.4, -0.2) is 42.6 Å². The maximum atomic E-state index is 3.67. The molecule has 0 spiro atoms. The number of imidazole rings is 1. The average molecular weight is 178 g/mol. The van der Waals surface area contributed by atoms with Gasteiger partial charge in [-0.2, -0.15) is 0 Å². The van der Waals surface area contributed by atoms with Crippen LogP contribution in [0.2, 0.25) is 0 Å². The lowest BCUT2D eigenvalue weighted by Gasteiger charge is -2.14. The number of aromatic nitrogens is 2. The quantitative estimate of drug-likeness (QED) is 0.446. The first-order valence-electron chi connectivity index (χ1n) is 3.22. The first kappa shape index (κ1) is 13.1. The van der Waals surface area contributed by atoms with Gasteiger partial charge in [0, 0.05) is 12.4 Å². The number of hydrogen-bond acceptors (Lipinski definition) is 1. The van der Waals surface area contributed by atoms with Gasteiger partial charge in [-0.15, -0.1) is 0 Å². The Hall–Kier alpha value is -0.540. The number of nitrogens with zero attached hydrogens (tertiary/aromatic N) is 2. The van der Waals surface area contributed by atoms with Crippen LogP contribution in [0, 0.1) is 0 Å². The second-order valence-electron chi connectivity index (χ2n) is 3.44. The van der Waals surface area contributed by atoms with Crippen molar-refractivity contribution in [1.82, 2.24) is 9.97 Å². The van der Waals surface area contributed by atoms with E-state index >= 15 is 0 Å². The van der Waals surface area contributed by atoms with Crippen LogP contribution >= 0.6 is 0 Å². The van der Waals surface area contributed by atoms with Crippen molar-refractivity contribution in [3.05, 3.63) is 18.7 Å². The van der Waals surface area contributed by atoms with E-state index in [1.165, 1.54) is 0 Å². The maximum Gasteiger partial charge on any atom is 0.0919 e. The number of H-pyrrole nitrogens is 1. The summed E-state index contributed by atoms with van der Waals surface area (Å²) in [5, 5.41) is 0. The molecule has 0 atom stereocenters. The lowest BCUT2D eigenvalue weighted by molar-refractivity contribution is -0.849. The molecule has 66 valence electrons. The minimum atomic E-state index is 0. The molecule has 4 heteroatoms. The molecule has 0 unspecified atom stereocenters. The fourth-order valence-corrected chi connectivity index (χ4v) is 0.215. The Morgan fingerprint density at radius 2 is 1.64 bits per heavy atom. The zero-order valence-electron chi connectivity index (χ0n) is 7.50. The molecule has 0 aliphatic heterocycles. The molecular weight excluding hydrogens is 162 g/mol. The fraction of sp³-hybridized carbons (Fsp3) is 0.571. The van der Waals surface area contributed by atoms with Gasteiger partial charge < -0.3 is 21.9 Å². The first-order chi connectivity index (χ1) is 4.50. The zero-order valence-corrected chi connectivity index (χ0v) is 8.26. The van der Waals surface area contributed by atoms with E-state index in [1.807, 2.05) is 0 Å². The molecule has 0 amide bonds. The first-order valence-corrected chi connectivity index (χ1v) is 3.22. The molecule has 3 nitrogen and oxygen atoms in total. The molecule has 0 radical (unpaired) electrons. The molecule has 11 heavy (non-hydrogen) atoms. The number of aromatic amines is 1. The van der Waals surface area contributed by atoms with E-state index in [0.717, 1.165) is 4.48 Å². The van der Waals surface area contributed by atoms with Gasteiger partial charge in [-0.05, 0) is 0 Å². The third-order valence-corrected chi connectivity index (χ3v) is 0.406. The average Bonchev–Trinajstić information content (AvgIpc) is 2.07. The van der Waals surface area contributed by atoms with Crippen molar-refractivity contribution in [3.8, 4) is 0 Å². The van der Waals surface area contributed by atoms with Crippen molar-refractivity contribution in [2.75, 3.05) is 28.2 Å². The lowest BCUT2D eigenvalue weighted by Crippen LogP contribution is -3.00. The van der Waals surface area contributed by atoms with Gasteiger partial charge in [0.1, 0.15) is 0 Å². The summed E-state index contributed by atoms with van der Waals surface area (Å²) in [6.07, 6.45) is 5.08. The van der Waals surface area contributed by atoms with Crippen molar-refractivity contribution in [1.29, 1.82) is 0 Å². The summed E-state index contributed by atoms with van der Waals surface area (Å²) in [5.41, 5.74) is 0. The van der Waals surface area contributed by atoms with E-state index in [-0.39, 0.29) is 12.4 Å². The summed E-state index contributed by atoms with van der Waals surface area (Å²) in [6.45, 7) is 0. The van der Waals surface area contributed by atoms with Gasteiger partial charge in [0.05, 0.1) is 34.5 Å². The molecule has 0 fully saturated rings. The molecule has 0 saturated heterocycles. The van der Waals surface area contributed by atoms with Gasteiger partial charge >= 0.3 is 0 Å². The molecule has 0 aromatic carbocycles. The smallest absolute Gasteiger partial charge is 0.0919 e. The Bertz CT molecular complexity index is 120. The molecule has 1 aromatic rings. The third kappa shape index (κ3) is 26.5. The summed E-state index contributed by atoms with van der Waals surface area (Å²) < 4.78 is 1.00. The Morgan fingerprint density at radius 3 is 1.73 bits per heavy atom. The van der Waals surface area contributed by atoms with E-state index in [1.54, 1.807) is 18.7 Å². The van der Waals surface area contributed by atoms with E-state index in [0.29, 0.717) is 0 Å². The van der Waals surface area contributed by atoms with Crippen LogP contribution in [-0.2, 0) is 0 Å². The molecule has 1 rings (SSSR count). The predicted molar refractivity (Wildman–Crippen MR) is 42.5 cm³/mol. The summed E-state index contributed by atoms with van der Waals surface area (Å²) in [4.78, 5) is 6.42.